The first-order valence-electron chi connectivity index (χ1n) is 10.5. The normalized spacial score (nSPS) is 14.9. The summed E-state index contributed by atoms with van der Waals surface area (Å²) in [5, 5.41) is 3.77. The third kappa shape index (κ3) is 4.58. The molecule has 0 spiro atoms. The lowest BCUT2D eigenvalue weighted by atomic mass is 10.0. The maximum atomic E-state index is 12.7. The molecule has 2 aromatic heterocycles. The van der Waals surface area contributed by atoms with E-state index in [1.54, 1.807) is 11.3 Å². The van der Waals surface area contributed by atoms with Crippen LogP contribution in [0.4, 0.5) is 0 Å². The lowest BCUT2D eigenvalue weighted by Gasteiger charge is -2.13. The number of aryl methyl sites for hydroxylation is 3. The van der Waals surface area contributed by atoms with Crippen LogP contribution in [0.25, 0.3) is 10.2 Å². The summed E-state index contributed by atoms with van der Waals surface area (Å²) in [4.78, 5) is 34.7. The maximum absolute atomic E-state index is 12.7. The Labute approximate surface area is 174 Å². The molecule has 0 fully saturated rings. The number of hydrogen-bond donors (Lipinski definition) is 2. The minimum atomic E-state index is -0.0532. The monoisotopic (exact) mass is 409 g/mol. The molecule has 1 aromatic carbocycles. The first-order chi connectivity index (χ1) is 14.1. The topological polar surface area (TPSA) is 74.8 Å². The highest BCUT2D eigenvalue weighted by Crippen LogP contribution is 2.32. The Morgan fingerprint density at radius 3 is 2.83 bits per heavy atom. The van der Waals surface area contributed by atoms with Crippen LogP contribution in [0.15, 0.2) is 35.1 Å². The van der Waals surface area contributed by atoms with Gasteiger partial charge in [0.2, 0.25) is 5.91 Å². The number of H-pyrrole nitrogens is 1. The molecule has 0 radical (unpaired) electrons. The maximum Gasteiger partial charge on any atom is 0.259 e. The van der Waals surface area contributed by atoms with Crippen LogP contribution in [0.3, 0.4) is 0 Å². The molecular weight excluding hydrogens is 382 g/mol. The van der Waals surface area contributed by atoms with Crippen LogP contribution in [-0.2, 0) is 24.1 Å². The van der Waals surface area contributed by atoms with Crippen molar-refractivity contribution in [3.63, 3.8) is 0 Å². The van der Waals surface area contributed by atoms with Gasteiger partial charge in [0.1, 0.15) is 10.7 Å². The summed E-state index contributed by atoms with van der Waals surface area (Å²) >= 11 is 1.66. The molecule has 4 rings (SSSR count). The number of amides is 1. The first-order valence-corrected chi connectivity index (χ1v) is 11.3. The number of nitrogens with one attached hydrogen (secondary N) is 2. The highest BCUT2D eigenvalue weighted by atomic mass is 32.1. The second-order valence-corrected chi connectivity index (χ2v) is 8.96. The van der Waals surface area contributed by atoms with Crippen molar-refractivity contribution in [2.75, 3.05) is 6.54 Å². The molecule has 1 amide bonds. The second-order valence-electron chi connectivity index (χ2n) is 7.87. The third-order valence-electron chi connectivity index (χ3n) is 5.69. The summed E-state index contributed by atoms with van der Waals surface area (Å²) in [6.45, 7) is 2.70. The molecule has 152 valence electrons. The van der Waals surface area contributed by atoms with Gasteiger partial charge in [-0.15, -0.1) is 11.3 Å². The van der Waals surface area contributed by atoms with E-state index in [9.17, 15) is 9.59 Å². The average Bonchev–Trinajstić information content (AvgIpc) is 2.93. The molecule has 0 saturated carbocycles. The Morgan fingerprint density at radius 2 is 2.00 bits per heavy atom. The van der Waals surface area contributed by atoms with Crippen LogP contribution < -0.4 is 10.9 Å². The molecule has 0 unspecified atom stereocenters. The molecule has 0 saturated heterocycles. The van der Waals surface area contributed by atoms with Crippen LogP contribution in [-0.4, -0.2) is 22.4 Å². The van der Waals surface area contributed by atoms with Crippen LogP contribution >= 0.6 is 11.3 Å². The van der Waals surface area contributed by atoms with Gasteiger partial charge >= 0.3 is 0 Å². The zero-order chi connectivity index (χ0) is 20.2. The van der Waals surface area contributed by atoms with Crippen molar-refractivity contribution in [3.8, 4) is 0 Å². The number of fused-ring (bicyclic) bond motifs is 3. The molecule has 3 aromatic rings. The predicted molar refractivity (Wildman–Crippen MR) is 118 cm³/mol. The number of nitrogens with zero attached hydrogens (tertiary/aromatic N) is 1. The SMILES string of the molecule is C[C@H](CNC(=O)CCc1nc2sc3c(c2c(=O)[nH]1)CCCCC3)c1ccccc1. The molecule has 6 heteroatoms. The number of aromatic amines is 1. The number of hydrogen-bond acceptors (Lipinski definition) is 4. The largest absolute Gasteiger partial charge is 0.355 e. The molecule has 1 atom stereocenters. The molecule has 1 aliphatic rings. The fourth-order valence-corrected chi connectivity index (χ4v) is 5.27. The predicted octanol–water partition coefficient (Wildman–Crippen LogP) is 4.11. The van der Waals surface area contributed by atoms with E-state index in [0.717, 1.165) is 29.5 Å². The van der Waals surface area contributed by atoms with Gasteiger partial charge in [0.25, 0.3) is 5.56 Å². The highest BCUT2D eigenvalue weighted by Gasteiger charge is 2.19. The van der Waals surface area contributed by atoms with E-state index in [0.29, 0.717) is 25.2 Å². The summed E-state index contributed by atoms with van der Waals surface area (Å²) in [7, 11) is 0. The molecule has 5 nitrogen and oxygen atoms in total. The van der Waals surface area contributed by atoms with Gasteiger partial charge in [0.05, 0.1) is 5.39 Å². The number of carbonyl (C=O) groups is 1. The van der Waals surface area contributed by atoms with Crippen LogP contribution in [0, 0.1) is 0 Å². The van der Waals surface area contributed by atoms with Crippen molar-refractivity contribution >= 4 is 27.5 Å². The molecule has 1 aliphatic carbocycles. The Balaban J connectivity index is 1.38. The summed E-state index contributed by atoms with van der Waals surface area (Å²) in [6.07, 6.45) is 6.34. The lowest BCUT2D eigenvalue weighted by molar-refractivity contribution is -0.121. The fraction of sp³-hybridized carbons (Fsp3) is 0.435. The van der Waals surface area contributed by atoms with Crippen molar-refractivity contribution in [1.29, 1.82) is 0 Å². The van der Waals surface area contributed by atoms with Gasteiger partial charge in [-0.25, -0.2) is 4.98 Å². The number of aromatic nitrogens is 2. The minimum absolute atomic E-state index is 0.0162. The van der Waals surface area contributed by atoms with Crippen LogP contribution in [0.1, 0.15) is 60.4 Å². The zero-order valence-electron chi connectivity index (χ0n) is 16.8. The number of carbonyl (C=O) groups excluding carboxylic acids is 1. The highest BCUT2D eigenvalue weighted by molar-refractivity contribution is 7.18. The summed E-state index contributed by atoms with van der Waals surface area (Å²) in [6, 6.07) is 10.2. The lowest BCUT2D eigenvalue weighted by Crippen LogP contribution is -2.28. The molecular formula is C23H27N3O2S. The van der Waals surface area contributed by atoms with E-state index in [2.05, 4.69) is 34.3 Å². The van der Waals surface area contributed by atoms with Gasteiger partial charge in [0.15, 0.2) is 0 Å². The van der Waals surface area contributed by atoms with Gasteiger partial charge in [0, 0.05) is 24.3 Å². The molecule has 2 heterocycles. The summed E-state index contributed by atoms with van der Waals surface area (Å²) in [5.74, 6) is 0.846. The second kappa shape index (κ2) is 8.91. The number of thiophene rings is 1. The van der Waals surface area contributed by atoms with Crippen molar-refractivity contribution in [2.24, 2.45) is 0 Å². The van der Waals surface area contributed by atoms with E-state index >= 15 is 0 Å². The Bertz CT molecular complexity index is 1060. The standard InChI is InChI=1S/C23H27N3O2S/c1-15(16-8-4-2-5-9-16)14-24-20(27)13-12-19-25-22(28)21-17-10-6-3-7-11-18(17)29-23(21)26-19/h2,4-5,8-9,15H,3,6-7,10-14H2,1H3,(H,24,27)(H,25,26,28)/t15-/m1/s1. The Kier molecular flexibility index (Phi) is 6.09. The fourth-order valence-electron chi connectivity index (χ4n) is 3.99. The van der Waals surface area contributed by atoms with Crippen molar-refractivity contribution in [2.45, 2.75) is 57.8 Å². The number of rotatable bonds is 6. The quantitative estimate of drug-likeness (QED) is 0.602. The minimum Gasteiger partial charge on any atom is -0.355 e. The Morgan fingerprint density at radius 1 is 1.21 bits per heavy atom. The first kappa shape index (κ1) is 19.8. The van der Waals surface area contributed by atoms with Crippen molar-refractivity contribution in [1.82, 2.24) is 15.3 Å². The zero-order valence-corrected chi connectivity index (χ0v) is 17.6. The van der Waals surface area contributed by atoms with E-state index in [4.69, 9.17) is 0 Å². The smallest absolute Gasteiger partial charge is 0.259 e. The third-order valence-corrected chi connectivity index (χ3v) is 6.87. The van der Waals surface area contributed by atoms with Gasteiger partial charge < -0.3 is 10.3 Å². The van der Waals surface area contributed by atoms with Crippen molar-refractivity contribution < 1.29 is 4.79 Å². The number of benzene rings is 1. The van der Waals surface area contributed by atoms with Gasteiger partial charge in [-0.1, -0.05) is 43.7 Å². The van der Waals surface area contributed by atoms with Crippen LogP contribution in [0.5, 0.6) is 0 Å². The van der Waals surface area contributed by atoms with E-state index in [1.807, 2.05) is 18.2 Å². The van der Waals surface area contributed by atoms with Crippen molar-refractivity contribution in [3.05, 3.63) is 62.5 Å². The molecule has 0 bridgehead atoms. The van der Waals surface area contributed by atoms with Gasteiger partial charge in [-0.3, -0.25) is 9.59 Å². The van der Waals surface area contributed by atoms with Gasteiger partial charge in [-0.2, -0.15) is 0 Å². The van der Waals surface area contributed by atoms with Crippen LogP contribution in [0.2, 0.25) is 0 Å². The van der Waals surface area contributed by atoms with E-state index in [1.165, 1.54) is 28.8 Å². The summed E-state index contributed by atoms with van der Waals surface area (Å²) < 4.78 is 0. The average molecular weight is 410 g/mol. The van der Waals surface area contributed by atoms with E-state index in [-0.39, 0.29) is 17.4 Å². The molecule has 0 aliphatic heterocycles. The van der Waals surface area contributed by atoms with Gasteiger partial charge in [-0.05, 0) is 42.7 Å². The molecule has 2 N–H and O–H groups in total. The Hall–Kier alpha value is -2.47. The summed E-state index contributed by atoms with van der Waals surface area (Å²) in [5.41, 5.74) is 2.36. The molecule has 29 heavy (non-hydrogen) atoms. The van der Waals surface area contributed by atoms with E-state index < -0.39 is 0 Å².